The van der Waals surface area contributed by atoms with Crippen LogP contribution in [-0.4, -0.2) is 15.2 Å². The van der Waals surface area contributed by atoms with Crippen LogP contribution >= 0.6 is 11.6 Å². The zero-order chi connectivity index (χ0) is 14.8. The molecule has 0 bridgehead atoms. The summed E-state index contributed by atoms with van der Waals surface area (Å²) in [4.78, 5) is 0. The minimum absolute atomic E-state index is 0.371. The maximum absolute atomic E-state index is 12.5. The second-order valence-corrected chi connectivity index (χ2v) is 7.17. The quantitative estimate of drug-likeness (QED) is 0.751. The normalized spacial score (nSPS) is 14.9. The van der Waals surface area contributed by atoms with E-state index in [2.05, 4.69) is 4.40 Å². The van der Waals surface area contributed by atoms with Crippen molar-refractivity contribution in [1.29, 1.82) is 0 Å². The highest BCUT2D eigenvalue weighted by Gasteiger charge is 2.32. The SMILES string of the molecule is CC(C)(C)[S@@](=O)N=Cc1ccc(C(F)(F)F)c(Cl)c1. The molecule has 106 valence electrons. The lowest BCUT2D eigenvalue weighted by Gasteiger charge is -2.13. The summed E-state index contributed by atoms with van der Waals surface area (Å²) in [5, 5.41) is -0.405. The molecule has 7 heteroatoms. The molecule has 0 fully saturated rings. The fraction of sp³-hybridized carbons (Fsp3) is 0.417. The van der Waals surface area contributed by atoms with Crippen LogP contribution in [0.25, 0.3) is 0 Å². The lowest BCUT2D eigenvalue weighted by atomic mass is 10.1. The summed E-state index contributed by atoms with van der Waals surface area (Å²) >= 11 is 5.56. The monoisotopic (exact) mass is 311 g/mol. The largest absolute Gasteiger partial charge is 0.417 e. The predicted molar refractivity (Wildman–Crippen MR) is 71.9 cm³/mol. The molecule has 0 heterocycles. The van der Waals surface area contributed by atoms with Crippen molar-refractivity contribution in [2.24, 2.45) is 4.40 Å². The molecule has 0 N–H and O–H groups in total. The van der Waals surface area contributed by atoms with Gasteiger partial charge in [-0.1, -0.05) is 17.7 Å². The van der Waals surface area contributed by atoms with E-state index in [0.717, 1.165) is 12.1 Å². The van der Waals surface area contributed by atoms with Crippen molar-refractivity contribution in [3.63, 3.8) is 0 Å². The standard InChI is InChI=1S/C12H13ClF3NOS/c1-11(2,3)19(18)17-7-8-4-5-9(10(13)6-8)12(14,15)16/h4-7H,1-3H3/t19-/m1/s1. The van der Waals surface area contributed by atoms with Crippen LogP contribution in [0, 0.1) is 0 Å². The van der Waals surface area contributed by atoms with Crippen molar-refractivity contribution in [2.45, 2.75) is 31.7 Å². The summed E-state index contributed by atoms with van der Waals surface area (Å²) in [6, 6.07) is 3.26. The van der Waals surface area contributed by atoms with Gasteiger partial charge in [0.2, 0.25) is 0 Å². The Hall–Kier alpha value is -0.880. The highest BCUT2D eigenvalue weighted by atomic mass is 35.5. The van der Waals surface area contributed by atoms with Gasteiger partial charge in [0.25, 0.3) is 0 Å². The van der Waals surface area contributed by atoms with Crippen molar-refractivity contribution in [3.05, 3.63) is 34.3 Å². The van der Waals surface area contributed by atoms with Gasteiger partial charge in [-0.3, -0.25) is 0 Å². The Morgan fingerprint density at radius 2 is 1.84 bits per heavy atom. The number of rotatable bonds is 2. The average Bonchev–Trinajstić information content (AvgIpc) is 2.22. The number of benzene rings is 1. The first kappa shape index (κ1) is 16.2. The highest BCUT2D eigenvalue weighted by molar-refractivity contribution is 7.85. The zero-order valence-electron chi connectivity index (χ0n) is 10.6. The molecule has 0 amide bonds. The lowest BCUT2D eigenvalue weighted by Crippen LogP contribution is -2.19. The van der Waals surface area contributed by atoms with Crippen molar-refractivity contribution >= 4 is 28.8 Å². The van der Waals surface area contributed by atoms with Crippen LogP contribution in [-0.2, 0) is 17.2 Å². The number of halogens is 4. The van der Waals surface area contributed by atoms with Crippen molar-refractivity contribution in [3.8, 4) is 0 Å². The topological polar surface area (TPSA) is 29.4 Å². The van der Waals surface area contributed by atoms with E-state index in [4.69, 9.17) is 11.6 Å². The first-order valence-corrected chi connectivity index (χ1v) is 6.83. The Bertz CT molecular complexity index is 521. The van der Waals surface area contributed by atoms with Gasteiger partial charge >= 0.3 is 6.18 Å². The minimum atomic E-state index is -4.49. The third kappa shape index (κ3) is 4.62. The van der Waals surface area contributed by atoms with Gasteiger partial charge in [0, 0.05) is 6.21 Å². The Labute approximate surface area is 117 Å². The summed E-state index contributed by atoms with van der Waals surface area (Å²) < 4.78 is 52.4. The molecular weight excluding hydrogens is 299 g/mol. The molecule has 0 aliphatic heterocycles. The molecule has 0 aliphatic rings. The van der Waals surface area contributed by atoms with Crippen LogP contribution in [0.1, 0.15) is 31.9 Å². The van der Waals surface area contributed by atoms with E-state index >= 15 is 0 Å². The van der Waals surface area contributed by atoms with E-state index < -0.39 is 32.5 Å². The predicted octanol–water partition coefficient (Wildman–Crippen LogP) is 4.24. The van der Waals surface area contributed by atoms with E-state index in [1.807, 2.05) is 0 Å². The van der Waals surface area contributed by atoms with Crippen LogP contribution in [0.15, 0.2) is 22.6 Å². The molecule has 0 saturated heterocycles. The molecule has 1 rings (SSSR count). The fourth-order valence-electron chi connectivity index (χ4n) is 1.11. The minimum Gasteiger partial charge on any atom is -0.234 e. The summed E-state index contributed by atoms with van der Waals surface area (Å²) in [6.45, 7) is 5.25. The third-order valence-corrected chi connectivity index (χ3v) is 3.78. The molecule has 19 heavy (non-hydrogen) atoms. The van der Waals surface area contributed by atoms with Crippen LogP contribution in [0.3, 0.4) is 0 Å². The summed E-state index contributed by atoms with van der Waals surface area (Å²) in [5.74, 6) is 0. The number of hydrogen-bond donors (Lipinski definition) is 0. The Morgan fingerprint density at radius 1 is 1.26 bits per heavy atom. The van der Waals surface area contributed by atoms with E-state index in [9.17, 15) is 17.4 Å². The van der Waals surface area contributed by atoms with E-state index in [1.54, 1.807) is 20.8 Å². The summed E-state index contributed by atoms with van der Waals surface area (Å²) in [5.41, 5.74) is -0.529. The summed E-state index contributed by atoms with van der Waals surface area (Å²) in [6.07, 6.45) is -3.23. The Morgan fingerprint density at radius 3 is 2.26 bits per heavy atom. The van der Waals surface area contributed by atoms with E-state index in [1.165, 1.54) is 12.3 Å². The molecule has 0 unspecified atom stereocenters. The fourth-order valence-corrected chi connectivity index (χ4v) is 1.94. The van der Waals surface area contributed by atoms with Gasteiger partial charge in [-0.25, -0.2) is 4.21 Å². The zero-order valence-corrected chi connectivity index (χ0v) is 12.2. The van der Waals surface area contributed by atoms with E-state index in [0.29, 0.717) is 5.56 Å². The van der Waals surface area contributed by atoms with Crippen LogP contribution in [0.5, 0.6) is 0 Å². The van der Waals surface area contributed by atoms with Crippen LogP contribution in [0.4, 0.5) is 13.2 Å². The van der Waals surface area contributed by atoms with Gasteiger partial charge in [-0.15, -0.1) is 0 Å². The molecule has 0 radical (unpaired) electrons. The van der Waals surface area contributed by atoms with Gasteiger partial charge in [0.1, 0.15) is 11.0 Å². The van der Waals surface area contributed by atoms with Gasteiger partial charge in [0.15, 0.2) is 0 Å². The first-order valence-electron chi connectivity index (χ1n) is 5.34. The molecule has 0 spiro atoms. The second-order valence-electron chi connectivity index (χ2n) is 4.83. The van der Waals surface area contributed by atoms with Gasteiger partial charge in [-0.2, -0.15) is 17.6 Å². The Kier molecular flexibility index (Phi) is 4.79. The molecular formula is C12H13ClF3NOS. The molecule has 0 aliphatic carbocycles. The molecule has 0 saturated carbocycles. The molecule has 1 atom stereocenters. The average molecular weight is 312 g/mol. The second kappa shape index (κ2) is 5.63. The smallest absolute Gasteiger partial charge is 0.234 e. The molecule has 1 aromatic carbocycles. The highest BCUT2D eigenvalue weighted by Crippen LogP contribution is 2.34. The van der Waals surface area contributed by atoms with Gasteiger partial charge in [0.05, 0.1) is 15.3 Å². The number of nitrogens with zero attached hydrogens (tertiary/aromatic N) is 1. The number of alkyl halides is 3. The van der Waals surface area contributed by atoms with Gasteiger partial charge in [-0.05, 0) is 38.5 Å². The van der Waals surface area contributed by atoms with Crippen molar-refractivity contribution < 1.29 is 17.4 Å². The van der Waals surface area contributed by atoms with Crippen LogP contribution < -0.4 is 0 Å². The first-order chi connectivity index (χ1) is 8.51. The van der Waals surface area contributed by atoms with Crippen molar-refractivity contribution in [1.82, 2.24) is 0 Å². The molecule has 2 nitrogen and oxygen atoms in total. The Balaban J connectivity index is 2.98. The summed E-state index contributed by atoms with van der Waals surface area (Å²) in [7, 11) is -1.46. The lowest BCUT2D eigenvalue weighted by molar-refractivity contribution is -0.137. The third-order valence-electron chi connectivity index (χ3n) is 2.12. The van der Waals surface area contributed by atoms with Gasteiger partial charge < -0.3 is 0 Å². The molecule has 0 aromatic heterocycles. The van der Waals surface area contributed by atoms with Crippen LogP contribution in [0.2, 0.25) is 5.02 Å². The number of hydrogen-bond acceptors (Lipinski definition) is 1. The maximum Gasteiger partial charge on any atom is 0.417 e. The van der Waals surface area contributed by atoms with Crippen molar-refractivity contribution in [2.75, 3.05) is 0 Å². The maximum atomic E-state index is 12.5. The van der Waals surface area contributed by atoms with E-state index in [-0.39, 0.29) is 0 Å². The molecule has 1 aromatic rings.